The van der Waals surface area contributed by atoms with Crippen molar-refractivity contribution in [2.75, 3.05) is 18.9 Å². The second-order valence-electron chi connectivity index (χ2n) is 9.96. The number of amides is 4. The van der Waals surface area contributed by atoms with Crippen molar-refractivity contribution < 1.29 is 33.8 Å². The molecule has 0 saturated heterocycles. The summed E-state index contributed by atoms with van der Waals surface area (Å²) >= 11 is 4.19. The molecule has 0 aliphatic heterocycles. The second-order valence-corrected chi connectivity index (χ2v) is 10.3. The van der Waals surface area contributed by atoms with Crippen LogP contribution < -0.4 is 21.3 Å². The van der Waals surface area contributed by atoms with Crippen molar-refractivity contribution in [2.24, 2.45) is 11.8 Å². The van der Waals surface area contributed by atoms with Crippen molar-refractivity contribution in [1.82, 2.24) is 26.3 Å². The van der Waals surface area contributed by atoms with Gasteiger partial charge in [-0.3, -0.25) is 24.2 Å². The molecule has 13 heteroatoms. The third-order valence-corrected chi connectivity index (χ3v) is 5.76. The topological polar surface area (TPSA) is 176 Å². The highest BCUT2D eigenvalue weighted by Crippen LogP contribution is 2.08. The fourth-order valence-corrected chi connectivity index (χ4v) is 3.66. The third-order valence-electron chi connectivity index (χ3n) is 5.39. The average molecular weight is 568 g/mol. The van der Waals surface area contributed by atoms with Crippen molar-refractivity contribution in [3.63, 3.8) is 0 Å². The number of nitrogens with one attached hydrogen (secondary N) is 4. The molecule has 0 unspecified atom stereocenters. The van der Waals surface area contributed by atoms with Gasteiger partial charge in [0.15, 0.2) is 0 Å². The molecule has 0 aromatic carbocycles. The zero-order valence-electron chi connectivity index (χ0n) is 22.9. The third kappa shape index (κ3) is 14.4. The summed E-state index contributed by atoms with van der Waals surface area (Å²) in [6.07, 6.45) is 2.70. The molecule has 0 aliphatic rings. The molecular weight excluding hydrogens is 526 g/mol. The maximum absolute atomic E-state index is 13.1. The number of hydrogen-bond donors (Lipinski definition) is 6. The van der Waals surface area contributed by atoms with Crippen LogP contribution >= 0.6 is 12.6 Å². The molecule has 0 fully saturated rings. The van der Waals surface area contributed by atoms with Crippen LogP contribution in [-0.2, 0) is 30.3 Å². The molecule has 0 aliphatic carbocycles. The van der Waals surface area contributed by atoms with E-state index in [0.717, 1.165) is 5.56 Å². The Labute approximate surface area is 234 Å². The van der Waals surface area contributed by atoms with E-state index in [4.69, 9.17) is 9.84 Å². The van der Waals surface area contributed by atoms with Crippen LogP contribution in [0.1, 0.15) is 52.5 Å². The molecular formula is C26H41N5O7S. The molecule has 1 aromatic heterocycles. The Bertz CT molecular complexity index is 946. The highest BCUT2D eigenvalue weighted by atomic mass is 32.1. The maximum atomic E-state index is 13.1. The molecule has 12 nitrogen and oxygen atoms in total. The lowest BCUT2D eigenvalue weighted by molar-refractivity contribution is -0.137. The van der Waals surface area contributed by atoms with E-state index in [1.807, 2.05) is 33.8 Å². The number of carboxylic acid groups (broad SMARTS) is 1. The summed E-state index contributed by atoms with van der Waals surface area (Å²) in [6.45, 7) is 7.86. The van der Waals surface area contributed by atoms with Gasteiger partial charge in [0.25, 0.3) is 0 Å². The fourth-order valence-electron chi connectivity index (χ4n) is 3.40. The first-order chi connectivity index (χ1) is 18.4. The highest BCUT2D eigenvalue weighted by Gasteiger charge is 2.30. The van der Waals surface area contributed by atoms with Crippen LogP contribution in [0.4, 0.5) is 4.79 Å². The smallest absolute Gasteiger partial charge is 0.407 e. The van der Waals surface area contributed by atoms with E-state index in [0.29, 0.717) is 13.0 Å². The number of alkyl carbamates (subject to hydrolysis) is 1. The molecule has 1 heterocycles. The summed E-state index contributed by atoms with van der Waals surface area (Å²) in [4.78, 5) is 66.1. The van der Waals surface area contributed by atoms with Gasteiger partial charge in [0, 0.05) is 31.1 Å². The molecule has 4 amide bonds. The molecule has 5 N–H and O–H groups in total. The lowest BCUT2D eigenvalue weighted by atomic mass is 10.0. The summed E-state index contributed by atoms with van der Waals surface area (Å²) in [6, 6.07) is 0.462. The van der Waals surface area contributed by atoms with Gasteiger partial charge < -0.3 is 31.1 Å². The van der Waals surface area contributed by atoms with Crippen molar-refractivity contribution in [3.05, 3.63) is 30.1 Å². The number of aromatic nitrogens is 1. The molecule has 0 radical (unpaired) electrons. The Morgan fingerprint density at radius 1 is 0.949 bits per heavy atom. The lowest BCUT2D eigenvalue weighted by Crippen LogP contribution is -2.57. The highest BCUT2D eigenvalue weighted by molar-refractivity contribution is 7.80. The molecule has 0 saturated carbocycles. The van der Waals surface area contributed by atoms with Crippen LogP contribution in [0, 0.1) is 11.8 Å². The number of nitrogens with zero attached hydrogens (tertiary/aromatic N) is 1. The predicted molar refractivity (Wildman–Crippen MR) is 148 cm³/mol. The zero-order chi connectivity index (χ0) is 29.4. The van der Waals surface area contributed by atoms with Gasteiger partial charge in [-0.05, 0) is 42.7 Å². The standard InChI is InChI=1S/C26H41N5O7S/c1-16(2)12-20(29-24(35)19(7-8-22(32)33)31-26(37)38-14-17(3)4)25(36)30-21(15-39)23(34)28-11-9-18-6-5-10-27-13-18/h5-6,10,13,16-17,19-21,39H,7-9,11-12,14-15H2,1-4H3,(H,28,34)(H,29,35)(H,30,36)(H,31,37)(H,32,33)/t19-,20-,21-/m0/s1. The Hall–Kier alpha value is -3.35. The van der Waals surface area contributed by atoms with E-state index in [1.54, 1.807) is 18.5 Å². The van der Waals surface area contributed by atoms with E-state index in [2.05, 4.69) is 38.9 Å². The summed E-state index contributed by atoms with van der Waals surface area (Å²) in [5.74, 6) is -2.82. The number of carboxylic acids is 1. The van der Waals surface area contributed by atoms with Crippen molar-refractivity contribution in [2.45, 2.75) is 71.5 Å². The minimum atomic E-state index is -1.24. The van der Waals surface area contributed by atoms with Crippen LogP contribution in [0.2, 0.25) is 0 Å². The molecule has 1 rings (SSSR count). The zero-order valence-corrected chi connectivity index (χ0v) is 23.8. The van der Waals surface area contributed by atoms with E-state index in [9.17, 15) is 24.0 Å². The first-order valence-electron chi connectivity index (χ1n) is 13.0. The van der Waals surface area contributed by atoms with E-state index < -0.39 is 47.9 Å². The molecule has 1 aromatic rings. The maximum Gasteiger partial charge on any atom is 0.407 e. The Balaban J connectivity index is 2.84. The first kappa shape index (κ1) is 33.7. The number of aliphatic carboxylic acids is 1. The van der Waals surface area contributed by atoms with E-state index in [-0.39, 0.29) is 43.5 Å². The normalized spacial score (nSPS) is 13.2. The largest absolute Gasteiger partial charge is 0.481 e. The SMILES string of the molecule is CC(C)COC(=O)N[C@@H](CCC(=O)O)C(=O)N[C@@H](CC(C)C)C(=O)N[C@@H](CS)C(=O)NCCc1cccnc1. The van der Waals surface area contributed by atoms with E-state index in [1.165, 1.54) is 0 Å². The molecule has 39 heavy (non-hydrogen) atoms. The second kappa shape index (κ2) is 18.0. The number of carbonyl (C=O) groups excluding carboxylic acids is 4. The minimum absolute atomic E-state index is 0.00903. The number of rotatable bonds is 17. The number of thiol groups is 1. The fraction of sp³-hybridized carbons (Fsp3) is 0.615. The summed E-state index contributed by atoms with van der Waals surface area (Å²) in [5.41, 5.74) is 0.947. The molecule has 0 spiro atoms. The van der Waals surface area contributed by atoms with E-state index >= 15 is 0 Å². The molecule has 218 valence electrons. The van der Waals surface area contributed by atoms with Crippen LogP contribution in [0.25, 0.3) is 0 Å². The number of carbonyl (C=O) groups is 5. The van der Waals surface area contributed by atoms with Crippen molar-refractivity contribution in [3.8, 4) is 0 Å². The average Bonchev–Trinajstić information content (AvgIpc) is 2.87. The Kier molecular flexibility index (Phi) is 15.6. The van der Waals surface area contributed by atoms with Gasteiger partial charge in [-0.25, -0.2) is 4.79 Å². The van der Waals surface area contributed by atoms with Gasteiger partial charge in [0.2, 0.25) is 17.7 Å². The van der Waals surface area contributed by atoms with Crippen LogP contribution in [0.3, 0.4) is 0 Å². The predicted octanol–water partition coefficient (Wildman–Crippen LogP) is 1.30. The quantitative estimate of drug-likeness (QED) is 0.153. The van der Waals surface area contributed by atoms with Crippen LogP contribution in [0.15, 0.2) is 24.5 Å². The van der Waals surface area contributed by atoms with Gasteiger partial charge in [-0.15, -0.1) is 0 Å². The summed E-state index contributed by atoms with van der Waals surface area (Å²) < 4.78 is 5.05. The Morgan fingerprint density at radius 3 is 2.18 bits per heavy atom. The van der Waals surface area contributed by atoms with Crippen LogP contribution in [0.5, 0.6) is 0 Å². The van der Waals surface area contributed by atoms with Gasteiger partial charge in [0.1, 0.15) is 18.1 Å². The number of pyridine rings is 1. The summed E-state index contributed by atoms with van der Waals surface area (Å²) in [5, 5.41) is 19.4. The number of hydrogen-bond acceptors (Lipinski definition) is 8. The first-order valence-corrected chi connectivity index (χ1v) is 13.6. The van der Waals surface area contributed by atoms with Gasteiger partial charge >= 0.3 is 12.1 Å². The van der Waals surface area contributed by atoms with Crippen molar-refractivity contribution >= 4 is 42.4 Å². The summed E-state index contributed by atoms with van der Waals surface area (Å²) in [7, 11) is 0. The van der Waals surface area contributed by atoms with Gasteiger partial charge in [-0.2, -0.15) is 12.6 Å². The lowest BCUT2D eigenvalue weighted by Gasteiger charge is -2.25. The van der Waals surface area contributed by atoms with Gasteiger partial charge in [-0.1, -0.05) is 33.8 Å². The molecule has 3 atom stereocenters. The van der Waals surface area contributed by atoms with Gasteiger partial charge in [0.05, 0.1) is 6.61 Å². The van der Waals surface area contributed by atoms with Crippen LogP contribution in [-0.4, -0.2) is 76.9 Å². The number of ether oxygens (including phenoxy) is 1. The Morgan fingerprint density at radius 2 is 1.62 bits per heavy atom. The minimum Gasteiger partial charge on any atom is -0.481 e. The monoisotopic (exact) mass is 567 g/mol. The van der Waals surface area contributed by atoms with Crippen molar-refractivity contribution in [1.29, 1.82) is 0 Å². The molecule has 0 bridgehead atoms.